The third kappa shape index (κ3) is 6.05. The van der Waals surface area contributed by atoms with Gasteiger partial charge in [-0.3, -0.25) is 0 Å². The van der Waals surface area contributed by atoms with Crippen LogP contribution >= 0.6 is 23.5 Å². The molecule has 0 saturated carbocycles. The van der Waals surface area contributed by atoms with Crippen molar-refractivity contribution in [2.45, 2.75) is 13.3 Å². The fraction of sp³-hybridized carbons (Fsp3) is 0.455. The zero-order valence-electron chi connectivity index (χ0n) is 8.03. The second-order valence-electron chi connectivity index (χ2n) is 2.94. The number of thioether (sulfide) groups is 2. The van der Waals surface area contributed by atoms with E-state index in [9.17, 15) is 0 Å². The van der Waals surface area contributed by atoms with Crippen LogP contribution in [0.25, 0.3) is 0 Å². The van der Waals surface area contributed by atoms with Crippen molar-refractivity contribution in [2.24, 2.45) is 0 Å². The van der Waals surface area contributed by atoms with Crippen molar-refractivity contribution in [3.63, 3.8) is 0 Å². The van der Waals surface area contributed by atoms with Crippen LogP contribution in [0.15, 0.2) is 30.3 Å². The molecule has 13 heavy (non-hydrogen) atoms. The zero-order chi connectivity index (χ0) is 9.36. The third-order valence-electron chi connectivity index (χ3n) is 1.68. The minimum Gasteiger partial charge on any atom is -0.151 e. The van der Waals surface area contributed by atoms with Gasteiger partial charge < -0.3 is 0 Å². The van der Waals surface area contributed by atoms with E-state index in [0.29, 0.717) is 0 Å². The van der Waals surface area contributed by atoms with Gasteiger partial charge in [-0.2, -0.15) is 23.5 Å². The average molecular weight is 212 g/mol. The van der Waals surface area contributed by atoms with Gasteiger partial charge in [0.05, 0.1) is 0 Å². The topological polar surface area (TPSA) is 0 Å². The molecule has 1 aromatic carbocycles. The molecule has 1 heterocycles. The predicted molar refractivity (Wildman–Crippen MR) is 65.6 cm³/mol. The summed E-state index contributed by atoms with van der Waals surface area (Å²) in [6.45, 7) is 2.08. The molecule has 1 fully saturated rings. The SMILES string of the molecule is C1CSCSC1.Cc1ccccc1. The Hall–Kier alpha value is -0.0800. The highest BCUT2D eigenvalue weighted by Gasteiger charge is 1.95. The van der Waals surface area contributed by atoms with Crippen molar-refractivity contribution in [3.8, 4) is 0 Å². The molecule has 2 heteroatoms. The van der Waals surface area contributed by atoms with Crippen LogP contribution < -0.4 is 0 Å². The molecule has 1 aliphatic rings. The Kier molecular flexibility index (Phi) is 6.21. The van der Waals surface area contributed by atoms with Gasteiger partial charge in [0.2, 0.25) is 0 Å². The first kappa shape index (κ1) is 11.0. The van der Waals surface area contributed by atoms with Crippen molar-refractivity contribution < 1.29 is 0 Å². The molecule has 0 nitrogen and oxygen atoms in total. The summed E-state index contributed by atoms with van der Waals surface area (Å²) in [5.74, 6) is 2.79. The summed E-state index contributed by atoms with van der Waals surface area (Å²) in [5, 5.41) is 1.33. The lowest BCUT2D eigenvalue weighted by molar-refractivity contribution is 1.12. The summed E-state index contributed by atoms with van der Waals surface area (Å²) < 4.78 is 0. The lowest BCUT2D eigenvalue weighted by Gasteiger charge is -2.05. The normalized spacial score (nSPS) is 15.8. The summed E-state index contributed by atoms with van der Waals surface area (Å²) in [4.78, 5) is 0. The molecule has 0 bridgehead atoms. The number of hydrogen-bond donors (Lipinski definition) is 0. The maximum atomic E-state index is 2.08. The Balaban J connectivity index is 0.000000132. The first-order chi connectivity index (χ1) is 6.39. The van der Waals surface area contributed by atoms with Crippen LogP contribution in [0.1, 0.15) is 12.0 Å². The lowest BCUT2D eigenvalue weighted by Crippen LogP contribution is -1.90. The molecule has 1 aliphatic heterocycles. The minimum absolute atomic E-state index is 1.32. The molecular formula is C11H16S2. The summed E-state index contributed by atoms with van der Waals surface area (Å²) in [7, 11) is 0. The summed E-state index contributed by atoms with van der Waals surface area (Å²) >= 11 is 4.12. The monoisotopic (exact) mass is 212 g/mol. The fourth-order valence-electron chi connectivity index (χ4n) is 0.974. The van der Waals surface area contributed by atoms with Crippen molar-refractivity contribution in [3.05, 3.63) is 35.9 Å². The van der Waals surface area contributed by atoms with E-state index >= 15 is 0 Å². The van der Waals surface area contributed by atoms with Crippen LogP contribution in [-0.4, -0.2) is 16.6 Å². The van der Waals surface area contributed by atoms with Crippen LogP contribution in [0.3, 0.4) is 0 Å². The van der Waals surface area contributed by atoms with Crippen LogP contribution in [0.4, 0.5) is 0 Å². The quantitative estimate of drug-likeness (QED) is 0.641. The predicted octanol–water partition coefficient (Wildman–Crippen LogP) is 3.81. The third-order valence-corrected chi connectivity index (χ3v) is 4.17. The first-order valence-corrected chi connectivity index (χ1v) is 6.87. The maximum absolute atomic E-state index is 2.08. The molecule has 0 unspecified atom stereocenters. The van der Waals surface area contributed by atoms with Gasteiger partial charge in [0.15, 0.2) is 0 Å². The highest BCUT2D eigenvalue weighted by molar-refractivity contribution is 8.16. The molecular weight excluding hydrogens is 196 g/mol. The Morgan fingerprint density at radius 1 is 1.00 bits per heavy atom. The van der Waals surface area contributed by atoms with Crippen LogP contribution in [0.2, 0.25) is 0 Å². The van der Waals surface area contributed by atoms with Gasteiger partial charge in [-0.25, -0.2) is 0 Å². The summed E-state index contributed by atoms with van der Waals surface area (Å²) in [6, 6.07) is 10.3. The van der Waals surface area contributed by atoms with E-state index in [4.69, 9.17) is 0 Å². The maximum Gasteiger partial charge on any atom is 0.0392 e. The number of benzene rings is 1. The Labute approximate surface area is 89.5 Å². The van der Waals surface area contributed by atoms with Gasteiger partial charge >= 0.3 is 0 Å². The van der Waals surface area contributed by atoms with E-state index in [1.165, 1.54) is 28.6 Å². The Bertz CT molecular complexity index is 193. The van der Waals surface area contributed by atoms with Gasteiger partial charge in [-0.15, -0.1) is 0 Å². The summed E-state index contributed by atoms with van der Waals surface area (Å²) in [6.07, 6.45) is 1.43. The molecule has 0 atom stereocenters. The minimum atomic E-state index is 1.32. The highest BCUT2D eigenvalue weighted by atomic mass is 32.2. The molecule has 0 amide bonds. The second-order valence-corrected chi connectivity index (χ2v) is 5.52. The number of aryl methyl sites for hydroxylation is 1. The zero-order valence-corrected chi connectivity index (χ0v) is 9.66. The number of rotatable bonds is 0. The molecule has 0 aliphatic carbocycles. The van der Waals surface area contributed by atoms with E-state index in [1.54, 1.807) is 0 Å². The molecule has 0 spiro atoms. The smallest absolute Gasteiger partial charge is 0.0392 e. The Morgan fingerprint density at radius 3 is 1.85 bits per heavy atom. The van der Waals surface area contributed by atoms with E-state index < -0.39 is 0 Å². The molecule has 2 rings (SSSR count). The van der Waals surface area contributed by atoms with Crippen LogP contribution in [0.5, 0.6) is 0 Å². The van der Waals surface area contributed by atoms with Crippen molar-refractivity contribution in [1.82, 2.24) is 0 Å². The molecule has 0 radical (unpaired) electrons. The van der Waals surface area contributed by atoms with E-state index in [-0.39, 0.29) is 0 Å². The van der Waals surface area contributed by atoms with Gasteiger partial charge in [0.1, 0.15) is 0 Å². The highest BCUT2D eigenvalue weighted by Crippen LogP contribution is 2.19. The van der Waals surface area contributed by atoms with Gasteiger partial charge in [0, 0.05) is 5.08 Å². The molecule has 0 N–H and O–H groups in total. The Morgan fingerprint density at radius 2 is 1.62 bits per heavy atom. The van der Waals surface area contributed by atoms with Crippen molar-refractivity contribution in [2.75, 3.05) is 16.6 Å². The number of hydrogen-bond acceptors (Lipinski definition) is 2. The first-order valence-electron chi connectivity index (χ1n) is 4.57. The largest absolute Gasteiger partial charge is 0.151 e. The fourth-order valence-corrected chi connectivity index (χ4v) is 3.27. The molecule has 72 valence electrons. The van der Waals surface area contributed by atoms with Gasteiger partial charge in [-0.1, -0.05) is 35.9 Å². The molecule has 0 aromatic heterocycles. The van der Waals surface area contributed by atoms with Crippen molar-refractivity contribution in [1.29, 1.82) is 0 Å². The standard InChI is InChI=1S/C7H8.C4H8S2/c1-7-5-3-2-4-6-7;1-2-5-4-6-3-1/h2-6H,1H3;1-4H2. The van der Waals surface area contributed by atoms with Gasteiger partial charge in [-0.05, 0) is 24.9 Å². The second kappa shape index (κ2) is 7.34. The van der Waals surface area contributed by atoms with E-state index in [2.05, 4.69) is 42.6 Å². The van der Waals surface area contributed by atoms with E-state index in [1.807, 2.05) is 18.2 Å². The van der Waals surface area contributed by atoms with Crippen LogP contribution in [-0.2, 0) is 0 Å². The lowest BCUT2D eigenvalue weighted by atomic mass is 10.2. The van der Waals surface area contributed by atoms with Gasteiger partial charge in [0.25, 0.3) is 0 Å². The average Bonchev–Trinajstić information content (AvgIpc) is 2.22. The molecule has 1 saturated heterocycles. The molecule has 1 aromatic rings. The summed E-state index contributed by atoms with van der Waals surface area (Å²) in [5.41, 5.74) is 1.32. The van der Waals surface area contributed by atoms with E-state index in [0.717, 1.165) is 0 Å². The van der Waals surface area contributed by atoms with Crippen LogP contribution in [0, 0.1) is 6.92 Å². The van der Waals surface area contributed by atoms with Crippen molar-refractivity contribution >= 4 is 23.5 Å².